The summed E-state index contributed by atoms with van der Waals surface area (Å²) in [5.41, 5.74) is 2.83. The van der Waals surface area contributed by atoms with E-state index in [-0.39, 0.29) is 0 Å². The van der Waals surface area contributed by atoms with Crippen molar-refractivity contribution in [3.63, 3.8) is 0 Å². The monoisotopic (exact) mass is 338 g/mol. The lowest BCUT2D eigenvalue weighted by Gasteiger charge is -2.15. The summed E-state index contributed by atoms with van der Waals surface area (Å²) in [6.45, 7) is 4.51. The van der Waals surface area contributed by atoms with Crippen LogP contribution in [0, 0.1) is 0 Å². The van der Waals surface area contributed by atoms with Crippen LogP contribution >= 0.6 is 0 Å². The highest BCUT2D eigenvalue weighted by atomic mass is 16.5. The number of hydrogen-bond donors (Lipinski definition) is 0. The van der Waals surface area contributed by atoms with Gasteiger partial charge in [-0.05, 0) is 48.6 Å². The first-order valence-electron chi connectivity index (χ1n) is 10.2. The number of ether oxygens (including phenoxy) is 1. The van der Waals surface area contributed by atoms with E-state index < -0.39 is 0 Å². The highest BCUT2D eigenvalue weighted by Crippen LogP contribution is 2.29. The van der Waals surface area contributed by atoms with Crippen LogP contribution in [-0.4, -0.2) is 0 Å². The van der Waals surface area contributed by atoms with E-state index in [2.05, 4.69) is 32.0 Å². The molecule has 0 N–H and O–H groups in total. The van der Waals surface area contributed by atoms with Crippen LogP contribution < -0.4 is 4.74 Å². The summed E-state index contributed by atoms with van der Waals surface area (Å²) < 4.78 is 6.17. The molecule has 0 aliphatic rings. The van der Waals surface area contributed by atoms with Gasteiger partial charge in [0, 0.05) is 0 Å². The van der Waals surface area contributed by atoms with Crippen molar-refractivity contribution in [1.29, 1.82) is 0 Å². The van der Waals surface area contributed by atoms with Crippen LogP contribution in [0.4, 0.5) is 0 Å². The molecule has 0 unspecified atom stereocenters. The zero-order valence-corrected chi connectivity index (χ0v) is 16.1. The molecule has 0 aromatic heterocycles. The highest BCUT2D eigenvalue weighted by Gasteiger charge is 2.09. The molecule has 25 heavy (non-hydrogen) atoms. The third-order valence-corrected chi connectivity index (χ3v) is 4.86. The van der Waals surface area contributed by atoms with Crippen molar-refractivity contribution in [2.75, 3.05) is 0 Å². The molecule has 2 rings (SSSR count). The fraction of sp³-hybridized carbons (Fsp3) is 0.500. The maximum Gasteiger partial charge on any atom is 0.130 e. The van der Waals surface area contributed by atoms with Gasteiger partial charge in [-0.2, -0.15) is 0 Å². The van der Waals surface area contributed by atoms with Gasteiger partial charge in [0.05, 0.1) is 0 Å². The van der Waals surface area contributed by atoms with Gasteiger partial charge in [-0.15, -0.1) is 0 Å². The Morgan fingerprint density at radius 2 is 1.36 bits per heavy atom. The van der Waals surface area contributed by atoms with Crippen LogP contribution in [0.3, 0.4) is 0 Å². The van der Waals surface area contributed by atoms with Crippen LogP contribution in [-0.2, 0) is 12.8 Å². The van der Waals surface area contributed by atoms with Gasteiger partial charge in [0.25, 0.3) is 0 Å². The minimum Gasteiger partial charge on any atom is -0.457 e. The molecule has 1 heteroatoms. The second kappa shape index (κ2) is 11.7. The van der Waals surface area contributed by atoms with Gasteiger partial charge >= 0.3 is 0 Å². The Hall–Kier alpha value is -1.76. The van der Waals surface area contributed by atoms with Gasteiger partial charge in [-0.25, -0.2) is 0 Å². The van der Waals surface area contributed by atoms with Crippen molar-refractivity contribution in [3.8, 4) is 11.5 Å². The molecule has 136 valence electrons. The Labute approximate surface area is 154 Å². The first kappa shape index (κ1) is 19.6. The van der Waals surface area contributed by atoms with E-state index in [1.54, 1.807) is 0 Å². The molecule has 0 bridgehead atoms. The van der Waals surface area contributed by atoms with Crippen LogP contribution in [0.5, 0.6) is 11.5 Å². The summed E-state index contributed by atoms with van der Waals surface area (Å²) in [6, 6.07) is 16.6. The third-order valence-electron chi connectivity index (χ3n) is 4.86. The third kappa shape index (κ3) is 6.94. The van der Waals surface area contributed by atoms with Gasteiger partial charge < -0.3 is 4.74 Å². The molecule has 0 atom stereocenters. The molecule has 0 aliphatic carbocycles. The summed E-state index contributed by atoms with van der Waals surface area (Å²) >= 11 is 0. The summed E-state index contributed by atoms with van der Waals surface area (Å²) in [6.07, 6.45) is 13.1. The number of unbranched alkanes of at least 4 members (excludes halogenated alkanes) is 7. The van der Waals surface area contributed by atoms with Gasteiger partial charge in [0.1, 0.15) is 11.5 Å². The average molecular weight is 339 g/mol. The van der Waals surface area contributed by atoms with Crippen molar-refractivity contribution >= 4 is 0 Å². The van der Waals surface area contributed by atoms with Crippen LogP contribution in [0.15, 0.2) is 48.5 Å². The maximum absolute atomic E-state index is 6.17. The standard InChI is InChI=1S/C24H34O/c1-3-5-6-7-8-9-10-14-19-23-21(4-2)16-15-20-24(23)25-22-17-12-11-13-18-22/h11-13,15-18,20H,3-10,14,19H2,1-2H3. The molecule has 0 aliphatic heterocycles. The van der Waals surface area contributed by atoms with Gasteiger partial charge in [-0.3, -0.25) is 0 Å². The Morgan fingerprint density at radius 1 is 0.680 bits per heavy atom. The number of aryl methyl sites for hydroxylation is 1. The van der Waals surface area contributed by atoms with Crippen molar-refractivity contribution in [1.82, 2.24) is 0 Å². The van der Waals surface area contributed by atoms with Gasteiger partial charge in [0.15, 0.2) is 0 Å². The Kier molecular flexibility index (Phi) is 9.18. The first-order valence-corrected chi connectivity index (χ1v) is 10.2. The van der Waals surface area contributed by atoms with Crippen LogP contribution in [0.2, 0.25) is 0 Å². The molecule has 2 aromatic rings. The van der Waals surface area contributed by atoms with Crippen LogP contribution in [0.1, 0.15) is 76.3 Å². The molecule has 0 heterocycles. The zero-order valence-electron chi connectivity index (χ0n) is 16.1. The van der Waals surface area contributed by atoms with Gasteiger partial charge in [-0.1, -0.05) is 89.1 Å². The van der Waals surface area contributed by atoms with Crippen molar-refractivity contribution in [3.05, 3.63) is 59.7 Å². The molecule has 0 amide bonds. The lowest BCUT2D eigenvalue weighted by atomic mass is 9.98. The SMILES string of the molecule is CCCCCCCCCCc1c(CC)cccc1Oc1ccccc1. The Balaban J connectivity index is 1.87. The molecule has 0 saturated carbocycles. The molecule has 0 saturated heterocycles. The maximum atomic E-state index is 6.17. The first-order chi connectivity index (χ1) is 12.3. The fourth-order valence-electron chi connectivity index (χ4n) is 3.37. The quantitative estimate of drug-likeness (QED) is 0.360. The highest BCUT2D eigenvalue weighted by molar-refractivity contribution is 5.43. The summed E-state index contributed by atoms with van der Waals surface area (Å²) in [5.74, 6) is 1.96. The van der Waals surface area contributed by atoms with Crippen molar-refractivity contribution in [2.45, 2.75) is 78.1 Å². The number of hydrogen-bond acceptors (Lipinski definition) is 1. The van der Waals surface area contributed by atoms with E-state index in [9.17, 15) is 0 Å². The van der Waals surface area contributed by atoms with Crippen LogP contribution in [0.25, 0.3) is 0 Å². The van der Waals surface area contributed by atoms with Crippen molar-refractivity contribution in [2.24, 2.45) is 0 Å². The van der Waals surface area contributed by atoms with E-state index in [0.717, 1.165) is 24.3 Å². The second-order valence-electron chi connectivity index (χ2n) is 6.89. The van der Waals surface area contributed by atoms with Gasteiger partial charge in [0.2, 0.25) is 0 Å². The molecule has 0 fully saturated rings. The summed E-state index contributed by atoms with van der Waals surface area (Å²) in [7, 11) is 0. The molecule has 1 nitrogen and oxygen atoms in total. The molecule has 0 radical (unpaired) electrons. The van der Waals surface area contributed by atoms with E-state index in [1.165, 1.54) is 62.5 Å². The normalized spacial score (nSPS) is 10.8. The molecule has 2 aromatic carbocycles. The molecular formula is C24H34O. The van der Waals surface area contributed by atoms with E-state index >= 15 is 0 Å². The smallest absolute Gasteiger partial charge is 0.130 e. The molecule has 0 spiro atoms. The summed E-state index contributed by atoms with van der Waals surface area (Å²) in [4.78, 5) is 0. The lowest BCUT2D eigenvalue weighted by molar-refractivity contribution is 0.473. The largest absolute Gasteiger partial charge is 0.457 e. The van der Waals surface area contributed by atoms with Crippen molar-refractivity contribution < 1.29 is 4.74 Å². The number of rotatable bonds is 12. The second-order valence-corrected chi connectivity index (χ2v) is 6.89. The zero-order chi connectivity index (χ0) is 17.7. The number of benzene rings is 2. The van der Waals surface area contributed by atoms with E-state index in [1.807, 2.05) is 30.3 Å². The minimum atomic E-state index is 0.924. The predicted octanol–water partition coefficient (Wildman–Crippen LogP) is 7.72. The lowest BCUT2D eigenvalue weighted by Crippen LogP contribution is -1.98. The minimum absolute atomic E-state index is 0.924. The Morgan fingerprint density at radius 3 is 2.04 bits per heavy atom. The van der Waals surface area contributed by atoms with E-state index in [4.69, 9.17) is 4.74 Å². The number of para-hydroxylation sites is 1. The fourth-order valence-corrected chi connectivity index (χ4v) is 3.37. The predicted molar refractivity (Wildman–Crippen MR) is 109 cm³/mol. The van der Waals surface area contributed by atoms with E-state index in [0.29, 0.717) is 0 Å². The molecular weight excluding hydrogens is 304 g/mol. The Bertz CT molecular complexity index is 588. The topological polar surface area (TPSA) is 9.23 Å². The summed E-state index contributed by atoms with van der Waals surface area (Å²) in [5, 5.41) is 0. The average Bonchev–Trinajstić information content (AvgIpc) is 2.65.